The number of fused-ring (bicyclic) bond motifs is 5. The van der Waals surface area contributed by atoms with Crippen LogP contribution in [-0.2, 0) is 4.79 Å². The smallest absolute Gasteiger partial charge is 0.335 e. The third kappa shape index (κ3) is 2.54. The van der Waals surface area contributed by atoms with Crippen LogP contribution >= 0.6 is 0 Å². The first-order valence-corrected chi connectivity index (χ1v) is 8.85. The zero-order valence-corrected chi connectivity index (χ0v) is 14.6. The summed E-state index contributed by atoms with van der Waals surface area (Å²) >= 11 is 0. The van der Waals surface area contributed by atoms with E-state index < -0.39 is 5.97 Å². The van der Waals surface area contributed by atoms with Gasteiger partial charge < -0.3 is 4.74 Å². The van der Waals surface area contributed by atoms with Crippen molar-refractivity contribution in [1.29, 1.82) is 0 Å². The van der Waals surface area contributed by atoms with E-state index in [0.717, 1.165) is 21.5 Å². The number of benzene rings is 5. The van der Waals surface area contributed by atoms with Gasteiger partial charge in [0.25, 0.3) is 0 Å². The van der Waals surface area contributed by atoms with Crippen molar-refractivity contribution >= 4 is 49.1 Å². The van der Waals surface area contributed by atoms with E-state index in [1.54, 1.807) is 0 Å². The van der Waals surface area contributed by atoms with Gasteiger partial charge in [-0.3, -0.25) is 0 Å². The Kier molecular flexibility index (Phi) is 3.44. The van der Waals surface area contributed by atoms with E-state index in [1.807, 2.05) is 18.2 Å². The zero-order chi connectivity index (χ0) is 18.4. The van der Waals surface area contributed by atoms with Crippen LogP contribution in [0.2, 0.25) is 0 Å². The summed E-state index contributed by atoms with van der Waals surface area (Å²) in [4.78, 5) is 11.7. The predicted octanol–water partition coefficient (Wildman–Crippen LogP) is 6.39. The average molecular weight is 348 g/mol. The normalized spacial score (nSPS) is 11.3. The molecule has 0 unspecified atom stereocenters. The number of esters is 1. The molecule has 2 heteroatoms. The Morgan fingerprint density at radius 2 is 1.26 bits per heavy atom. The minimum atomic E-state index is -0.452. The fraction of sp³-hybridized carbons (Fsp3) is 0. The third-order valence-corrected chi connectivity index (χ3v) is 5.04. The maximum Gasteiger partial charge on any atom is 0.335 e. The van der Waals surface area contributed by atoms with E-state index >= 15 is 0 Å². The van der Waals surface area contributed by atoms with Gasteiger partial charge in [-0.05, 0) is 68.0 Å². The van der Waals surface area contributed by atoms with E-state index in [1.165, 1.54) is 27.6 Å². The van der Waals surface area contributed by atoms with Crippen LogP contribution in [-0.4, -0.2) is 5.97 Å². The second-order valence-electron chi connectivity index (χ2n) is 6.66. The molecule has 0 fully saturated rings. The maximum absolute atomic E-state index is 11.7. The van der Waals surface area contributed by atoms with Crippen LogP contribution in [0.4, 0.5) is 0 Å². The standard InChI is InChI=1S/C25H16O2/c1-2-25(26)27-24-9-5-8-18-13-20-11-10-19-12-16-6-3-4-7-17(16)14-21(19)22(20)15-23(18)24/h2-15H,1H2. The lowest BCUT2D eigenvalue weighted by atomic mass is 9.96. The first kappa shape index (κ1) is 15.6. The van der Waals surface area contributed by atoms with Gasteiger partial charge in [-0.2, -0.15) is 0 Å². The molecule has 0 saturated carbocycles. The fourth-order valence-corrected chi connectivity index (χ4v) is 3.73. The Hall–Kier alpha value is -3.65. The Labute approximate surface area is 156 Å². The summed E-state index contributed by atoms with van der Waals surface area (Å²) in [7, 11) is 0. The molecule has 0 aliphatic rings. The first-order chi connectivity index (χ1) is 13.2. The van der Waals surface area contributed by atoms with Crippen LogP contribution in [0, 0.1) is 0 Å². The molecule has 128 valence electrons. The molecule has 0 aliphatic heterocycles. The lowest BCUT2D eigenvalue weighted by molar-refractivity contribution is -0.128. The highest BCUT2D eigenvalue weighted by Crippen LogP contribution is 2.35. The first-order valence-electron chi connectivity index (χ1n) is 8.85. The van der Waals surface area contributed by atoms with Crippen LogP contribution < -0.4 is 4.74 Å². The van der Waals surface area contributed by atoms with Crippen molar-refractivity contribution in [1.82, 2.24) is 0 Å². The van der Waals surface area contributed by atoms with Gasteiger partial charge in [-0.25, -0.2) is 4.79 Å². The summed E-state index contributed by atoms with van der Waals surface area (Å²) in [5.41, 5.74) is 0. The number of hydrogen-bond acceptors (Lipinski definition) is 2. The lowest BCUT2D eigenvalue weighted by Gasteiger charge is -2.10. The molecule has 0 atom stereocenters. The minimum absolute atomic E-state index is 0.452. The quantitative estimate of drug-likeness (QED) is 0.121. The summed E-state index contributed by atoms with van der Waals surface area (Å²) in [5.74, 6) is 0.101. The van der Waals surface area contributed by atoms with Crippen molar-refractivity contribution in [2.45, 2.75) is 0 Å². The molecule has 0 spiro atoms. The van der Waals surface area contributed by atoms with Gasteiger partial charge in [-0.1, -0.05) is 55.1 Å². The lowest BCUT2D eigenvalue weighted by Crippen LogP contribution is -2.03. The van der Waals surface area contributed by atoms with Gasteiger partial charge in [0.1, 0.15) is 5.75 Å². The number of hydrogen-bond donors (Lipinski definition) is 0. The predicted molar refractivity (Wildman–Crippen MR) is 112 cm³/mol. The molecular formula is C25H16O2. The third-order valence-electron chi connectivity index (χ3n) is 5.04. The van der Waals surface area contributed by atoms with E-state index in [-0.39, 0.29) is 0 Å². The Bertz CT molecular complexity index is 1380. The van der Waals surface area contributed by atoms with Crippen LogP contribution in [0.15, 0.2) is 91.5 Å². The van der Waals surface area contributed by atoms with Gasteiger partial charge in [0.05, 0.1) is 0 Å². The van der Waals surface area contributed by atoms with Crippen LogP contribution in [0.1, 0.15) is 0 Å². The van der Waals surface area contributed by atoms with E-state index in [0.29, 0.717) is 5.75 Å². The molecule has 0 aliphatic carbocycles. The number of rotatable bonds is 2. The Balaban J connectivity index is 1.86. The van der Waals surface area contributed by atoms with Gasteiger partial charge in [0.15, 0.2) is 0 Å². The average Bonchev–Trinajstić information content (AvgIpc) is 2.71. The van der Waals surface area contributed by atoms with E-state index in [4.69, 9.17) is 4.74 Å². The summed E-state index contributed by atoms with van der Waals surface area (Å²) in [6, 6.07) is 27.1. The van der Waals surface area contributed by atoms with Crippen molar-refractivity contribution in [2.75, 3.05) is 0 Å². The molecule has 0 saturated heterocycles. The second-order valence-corrected chi connectivity index (χ2v) is 6.66. The Morgan fingerprint density at radius 1 is 0.667 bits per heavy atom. The SMILES string of the molecule is C=CC(=O)Oc1cccc2cc3ccc4cc5ccccc5cc4c3cc12. The molecular weight excluding hydrogens is 332 g/mol. The number of ether oxygens (including phenoxy) is 1. The van der Waals surface area contributed by atoms with E-state index in [2.05, 4.69) is 67.2 Å². The fourth-order valence-electron chi connectivity index (χ4n) is 3.73. The minimum Gasteiger partial charge on any atom is -0.423 e. The van der Waals surface area contributed by atoms with Crippen molar-refractivity contribution in [3.05, 3.63) is 91.5 Å². The molecule has 0 amide bonds. The largest absolute Gasteiger partial charge is 0.423 e. The molecule has 2 nitrogen and oxygen atoms in total. The van der Waals surface area contributed by atoms with Gasteiger partial charge in [0, 0.05) is 11.5 Å². The molecule has 0 heterocycles. The summed E-state index contributed by atoms with van der Waals surface area (Å²) in [6.07, 6.45) is 1.18. The molecule has 5 aromatic carbocycles. The van der Waals surface area contributed by atoms with Crippen molar-refractivity contribution < 1.29 is 9.53 Å². The summed E-state index contributed by atoms with van der Waals surface area (Å²) in [6.45, 7) is 3.48. The maximum atomic E-state index is 11.7. The molecule has 0 bridgehead atoms. The highest BCUT2D eigenvalue weighted by atomic mass is 16.5. The van der Waals surface area contributed by atoms with Gasteiger partial charge in [-0.15, -0.1) is 0 Å². The van der Waals surface area contributed by atoms with Crippen molar-refractivity contribution in [2.24, 2.45) is 0 Å². The van der Waals surface area contributed by atoms with Crippen LogP contribution in [0.5, 0.6) is 5.75 Å². The van der Waals surface area contributed by atoms with E-state index in [9.17, 15) is 4.79 Å². The number of carbonyl (C=O) groups excluding carboxylic acids is 1. The summed E-state index contributed by atoms with van der Waals surface area (Å²) < 4.78 is 5.45. The van der Waals surface area contributed by atoms with Crippen molar-refractivity contribution in [3.8, 4) is 5.75 Å². The van der Waals surface area contributed by atoms with Crippen LogP contribution in [0.3, 0.4) is 0 Å². The topological polar surface area (TPSA) is 26.3 Å². The molecule has 5 aromatic rings. The zero-order valence-electron chi connectivity index (χ0n) is 14.6. The second kappa shape index (κ2) is 5.96. The highest BCUT2D eigenvalue weighted by molar-refractivity contribution is 6.16. The van der Waals surface area contributed by atoms with Gasteiger partial charge >= 0.3 is 5.97 Å². The van der Waals surface area contributed by atoms with Gasteiger partial charge in [0.2, 0.25) is 0 Å². The molecule has 5 rings (SSSR count). The Morgan fingerprint density at radius 3 is 2.00 bits per heavy atom. The summed E-state index contributed by atoms with van der Waals surface area (Å²) in [5, 5.41) is 9.09. The monoisotopic (exact) mass is 348 g/mol. The molecule has 27 heavy (non-hydrogen) atoms. The van der Waals surface area contributed by atoms with Crippen LogP contribution in [0.25, 0.3) is 43.1 Å². The molecule has 0 radical (unpaired) electrons. The number of carbonyl (C=O) groups is 1. The molecule has 0 aromatic heterocycles. The van der Waals surface area contributed by atoms with Crippen molar-refractivity contribution in [3.63, 3.8) is 0 Å². The highest BCUT2D eigenvalue weighted by Gasteiger charge is 2.09. The molecule has 0 N–H and O–H groups in total.